The molecule has 1 fully saturated rings. The highest BCUT2D eigenvalue weighted by Gasteiger charge is 2.52. The van der Waals surface area contributed by atoms with Crippen LogP contribution in [0, 0.1) is 11.7 Å². The SMILES string of the molecule is CC1CCN(CC(C)(C)NC(=O)C2N=CNC2(C(N)=O)c2ccc(NC(=O)c3ccc(F)cc3Cl)cc2)CC1. The normalized spacial score (nSPS) is 21.8. The Kier molecular flexibility index (Phi) is 8.27. The molecule has 0 bridgehead atoms. The Labute approximate surface area is 232 Å². The van der Waals surface area contributed by atoms with Gasteiger partial charge in [0.2, 0.25) is 5.91 Å². The van der Waals surface area contributed by atoms with Gasteiger partial charge in [0, 0.05) is 17.8 Å². The van der Waals surface area contributed by atoms with Crippen LogP contribution >= 0.6 is 11.6 Å². The van der Waals surface area contributed by atoms with Crippen molar-refractivity contribution in [1.82, 2.24) is 15.5 Å². The van der Waals surface area contributed by atoms with Crippen LogP contribution in [0.3, 0.4) is 0 Å². The first kappa shape index (κ1) is 28.5. The third-order valence-corrected chi connectivity index (χ3v) is 7.61. The van der Waals surface area contributed by atoms with Crippen LogP contribution in [-0.2, 0) is 15.1 Å². The molecule has 4 rings (SSSR count). The molecule has 5 N–H and O–H groups in total. The number of likely N-dealkylation sites (tertiary alicyclic amines) is 1. The molecule has 0 spiro atoms. The predicted molar refractivity (Wildman–Crippen MR) is 149 cm³/mol. The van der Waals surface area contributed by atoms with E-state index in [1.54, 1.807) is 24.3 Å². The molecular formula is C28H34ClFN6O3. The van der Waals surface area contributed by atoms with Gasteiger partial charge in [0.25, 0.3) is 11.8 Å². The van der Waals surface area contributed by atoms with Gasteiger partial charge in [-0.25, -0.2) is 4.39 Å². The molecule has 0 saturated carbocycles. The molecule has 2 atom stereocenters. The lowest BCUT2D eigenvalue weighted by Crippen LogP contribution is -2.62. The summed E-state index contributed by atoms with van der Waals surface area (Å²) in [5.74, 6) is -1.56. The van der Waals surface area contributed by atoms with Crippen molar-refractivity contribution in [2.45, 2.75) is 50.7 Å². The Morgan fingerprint density at radius 2 is 1.85 bits per heavy atom. The Bertz CT molecular complexity index is 1280. The second-order valence-electron chi connectivity index (χ2n) is 11.0. The minimum Gasteiger partial charge on any atom is -0.367 e. The summed E-state index contributed by atoms with van der Waals surface area (Å²) in [4.78, 5) is 45.6. The van der Waals surface area contributed by atoms with Crippen molar-refractivity contribution in [3.8, 4) is 0 Å². The molecule has 2 aromatic carbocycles. The summed E-state index contributed by atoms with van der Waals surface area (Å²) in [5, 5.41) is 8.64. The number of amides is 3. The monoisotopic (exact) mass is 556 g/mol. The van der Waals surface area contributed by atoms with Crippen molar-refractivity contribution in [1.29, 1.82) is 0 Å². The molecule has 0 aromatic heterocycles. The highest BCUT2D eigenvalue weighted by atomic mass is 35.5. The average Bonchev–Trinajstić information content (AvgIpc) is 3.32. The quantitative estimate of drug-likeness (QED) is 0.397. The third kappa shape index (κ3) is 6.23. The number of carbonyl (C=O) groups is 3. The molecule has 2 aliphatic rings. The molecule has 0 radical (unpaired) electrons. The summed E-state index contributed by atoms with van der Waals surface area (Å²) in [7, 11) is 0. The standard InChI is InChI=1S/C28H34ClFN6O3/c1-17-10-12-36(13-11-17)15-27(2,3)35-25(38)23-28(26(31)39,33-16-32-23)18-4-7-20(8-5-18)34-24(37)21-9-6-19(30)14-22(21)29/h4-9,14,16-17,23H,10-13,15H2,1-3H3,(H2,31,39)(H,32,33)(H,34,37)(H,35,38). The van der Waals surface area contributed by atoms with Crippen molar-refractivity contribution in [2.24, 2.45) is 16.6 Å². The maximum Gasteiger partial charge on any atom is 0.257 e. The summed E-state index contributed by atoms with van der Waals surface area (Å²) in [5.41, 5.74) is 4.61. The number of aliphatic imine (C=N–C) groups is 1. The lowest BCUT2D eigenvalue weighted by molar-refractivity contribution is -0.132. The molecule has 208 valence electrons. The average molecular weight is 557 g/mol. The smallest absolute Gasteiger partial charge is 0.257 e. The number of rotatable bonds is 8. The van der Waals surface area contributed by atoms with E-state index in [1.165, 1.54) is 12.4 Å². The van der Waals surface area contributed by atoms with E-state index in [0.29, 0.717) is 23.7 Å². The number of halogens is 2. The van der Waals surface area contributed by atoms with Gasteiger partial charge in [-0.3, -0.25) is 19.4 Å². The number of nitrogens with one attached hydrogen (secondary N) is 3. The van der Waals surface area contributed by atoms with E-state index in [9.17, 15) is 18.8 Å². The van der Waals surface area contributed by atoms with Crippen LogP contribution in [0.15, 0.2) is 47.5 Å². The molecule has 2 aromatic rings. The summed E-state index contributed by atoms with van der Waals surface area (Å²) in [6.07, 6.45) is 3.57. The van der Waals surface area contributed by atoms with E-state index >= 15 is 0 Å². The molecular weight excluding hydrogens is 523 g/mol. The van der Waals surface area contributed by atoms with Crippen molar-refractivity contribution in [3.05, 3.63) is 64.4 Å². The first-order chi connectivity index (χ1) is 18.4. The Balaban J connectivity index is 1.49. The molecule has 3 amide bonds. The highest BCUT2D eigenvalue weighted by Crippen LogP contribution is 2.32. The van der Waals surface area contributed by atoms with Crippen molar-refractivity contribution in [2.75, 3.05) is 25.0 Å². The van der Waals surface area contributed by atoms with Crippen molar-refractivity contribution >= 4 is 41.3 Å². The molecule has 9 nitrogen and oxygen atoms in total. The summed E-state index contributed by atoms with van der Waals surface area (Å²) >= 11 is 5.99. The number of nitrogens with zero attached hydrogens (tertiary/aromatic N) is 2. The van der Waals surface area contributed by atoms with Gasteiger partial charge in [-0.2, -0.15) is 0 Å². The number of anilines is 1. The number of carbonyl (C=O) groups excluding carboxylic acids is 3. The number of piperidine rings is 1. The highest BCUT2D eigenvalue weighted by molar-refractivity contribution is 6.34. The largest absolute Gasteiger partial charge is 0.367 e. The van der Waals surface area contributed by atoms with Crippen LogP contribution in [0.1, 0.15) is 49.5 Å². The molecule has 11 heteroatoms. The number of hydrogen-bond acceptors (Lipinski definition) is 6. The lowest BCUT2D eigenvalue weighted by Gasteiger charge is -2.38. The summed E-state index contributed by atoms with van der Waals surface area (Å²) in [6, 6.07) is 8.70. The number of primary amides is 1. The van der Waals surface area contributed by atoms with Crippen molar-refractivity contribution in [3.63, 3.8) is 0 Å². The third-order valence-electron chi connectivity index (χ3n) is 7.29. The topological polar surface area (TPSA) is 129 Å². The van der Waals surface area contributed by atoms with Gasteiger partial charge in [-0.05, 0) is 81.6 Å². The predicted octanol–water partition coefficient (Wildman–Crippen LogP) is 3.04. The van der Waals surface area contributed by atoms with Gasteiger partial charge in [-0.1, -0.05) is 30.7 Å². The zero-order chi connectivity index (χ0) is 28.4. The second kappa shape index (κ2) is 11.3. The van der Waals surface area contributed by atoms with E-state index in [2.05, 4.69) is 32.8 Å². The molecule has 39 heavy (non-hydrogen) atoms. The van der Waals surface area contributed by atoms with Crippen LogP contribution < -0.4 is 21.7 Å². The Hall–Kier alpha value is -3.50. The van der Waals surface area contributed by atoms with E-state index in [0.717, 1.165) is 38.1 Å². The zero-order valence-corrected chi connectivity index (χ0v) is 23.0. The van der Waals surface area contributed by atoms with E-state index < -0.39 is 40.7 Å². The molecule has 2 unspecified atom stereocenters. The lowest BCUT2D eigenvalue weighted by atomic mass is 9.82. The molecule has 1 saturated heterocycles. The van der Waals surface area contributed by atoms with Crippen LogP contribution in [0.4, 0.5) is 10.1 Å². The first-order valence-electron chi connectivity index (χ1n) is 12.9. The maximum atomic E-state index is 13.5. The molecule has 2 heterocycles. The minimum atomic E-state index is -1.61. The van der Waals surface area contributed by atoms with Gasteiger partial charge >= 0.3 is 0 Å². The van der Waals surface area contributed by atoms with Gasteiger partial charge in [-0.15, -0.1) is 0 Å². The van der Waals surface area contributed by atoms with Gasteiger partial charge in [0.15, 0.2) is 11.6 Å². The van der Waals surface area contributed by atoms with Crippen LogP contribution in [0.25, 0.3) is 0 Å². The number of benzene rings is 2. The van der Waals surface area contributed by atoms with Crippen LogP contribution in [0.2, 0.25) is 5.02 Å². The summed E-state index contributed by atoms with van der Waals surface area (Å²) < 4.78 is 13.3. The second-order valence-corrected chi connectivity index (χ2v) is 11.4. The minimum absolute atomic E-state index is 0.0178. The van der Waals surface area contributed by atoms with Gasteiger partial charge < -0.3 is 26.6 Å². The van der Waals surface area contributed by atoms with Crippen LogP contribution in [0.5, 0.6) is 0 Å². The maximum absolute atomic E-state index is 13.5. The summed E-state index contributed by atoms with van der Waals surface area (Å²) in [6.45, 7) is 8.78. The van der Waals surface area contributed by atoms with Crippen molar-refractivity contribution < 1.29 is 18.8 Å². The fraction of sp³-hybridized carbons (Fsp3) is 0.429. The first-order valence-corrected chi connectivity index (χ1v) is 13.3. The van der Waals surface area contributed by atoms with E-state index in [-0.39, 0.29) is 10.6 Å². The number of hydrogen-bond donors (Lipinski definition) is 4. The van der Waals surface area contributed by atoms with Gasteiger partial charge in [0.1, 0.15) is 5.82 Å². The Morgan fingerprint density at radius 1 is 1.18 bits per heavy atom. The van der Waals surface area contributed by atoms with Crippen LogP contribution in [-0.4, -0.2) is 60.2 Å². The fourth-order valence-electron chi connectivity index (χ4n) is 5.17. The number of nitrogens with two attached hydrogens (primary N) is 1. The fourth-order valence-corrected chi connectivity index (χ4v) is 5.42. The molecule has 2 aliphatic heterocycles. The molecule has 0 aliphatic carbocycles. The van der Waals surface area contributed by atoms with Gasteiger partial charge in [0.05, 0.1) is 16.9 Å². The Morgan fingerprint density at radius 3 is 2.46 bits per heavy atom. The van der Waals surface area contributed by atoms with E-state index in [4.69, 9.17) is 17.3 Å². The van der Waals surface area contributed by atoms with E-state index in [1.807, 2.05) is 13.8 Å². The zero-order valence-electron chi connectivity index (χ0n) is 22.3.